The zero-order valence-electron chi connectivity index (χ0n) is 29.2. The number of amidine groups is 1. The van der Waals surface area contributed by atoms with Gasteiger partial charge in [0.1, 0.15) is 0 Å². The lowest BCUT2D eigenvalue weighted by atomic mass is 9.65. The lowest BCUT2D eigenvalue weighted by Gasteiger charge is -2.38. The van der Waals surface area contributed by atoms with E-state index in [9.17, 15) is 14.7 Å². The van der Waals surface area contributed by atoms with Gasteiger partial charge in [0.15, 0.2) is 5.84 Å². The highest BCUT2D eigenvalue weighted by Crippen LogP contribution is 2.35. The number of likely N-dealkylation sites (tertiary alicyclic amines) is 1. The summed E-state index contributed by atoms with van der Waals surface area (Å²) in [5.41, 5.74) is 4.31. The van der Waals surface area contributed by atoms with Crippen molar-refractivity contribution in [2.24, 2.45) is 16.4 Å². The van der Waals surface area contributed by atoms with Crippen molar-refractivity contribution in [3.63, 3.8) is 0 Å². The predicted molar refractivity (Wildman–Crippen MR) is 191 cm³/mol. The summed E-state index contributed by atoms with van der Waals surface area (Å²) in [5.74, 6) is 7.10. The molecule has 1 aromatic carbocycles. The van der Waals surface area contributed by atoms with E-state index in [4.69, 9.17) is 10.7 Å². The number of nitrogens with one attached hydrogen (secondary N) is 3. The Morgan fingerprint density at radius 3 is 2.52 bits per heavy atom. The molecule has 2 fully saturated rings. The molecular weight excluding hydrogens is 627 g/mol. The number of rotatable bonds is 10. The highest BCUT2D eigenvalue weighted by Gasteiger charge is 2.47. The van der Waals surface area contributed by atoms with E-state index < -0.39 is 23.9 Å². The number of aromatic nitrogens is 1. The Hall–Kier alpha value is -3.46. The van der Waals surface area contributed by atoms with Gasteiger partial charge in [-0.25, -0.2) is 10.8 Å². The van der Waals surface area contributed by atoms with E-state index >= 15 is 0 Å². The third-order valence-electron chi connectivity index (χ3n) is 9.69. The molecule has 3 heterocycles. The molecule has 2 amide bonds. The molecule has 1 saturated heterocycles. The number of β-amino-alcohol motifs (C(OH)–C–C–N with tert-alkyl or cyclic N) is 1. The molecule has 1 aliphatic carbocycles. The Bertz CT molecular complexity index is 1520. The van der Waals surface area contributed by atoms with Gasteiger partial charge in [-0.1, -0.05) is 68.9 Å². The van der Waals surface area contributed by atoms with Gasteiger partial charge in [0.05, 0.1) is 34.3 Å². The van der Waals surface area contributed by atoms with E-state index in [1.54, 1.807) is 27.4 Å². The third-order valence-corrected chi connectivity index (χ3v) is 10.7. The minimum absolute atomic E-state index is 0.0492. The largest absolute Gasteiger partial charge is 0.391 e. The van der Waals surface area contributed by atoms with Crippen LogP contribution in [0, 0.1) is 12.3 Å². The lowest BCUT2D eigenvalue weighted by Crippen LogP contribution is -2.58. The van der Waals surface area contributed by atoms with Crippen molar-refractivity contribution in [2.75, 3.05) is 6.54 Å². The van der Waals surface area contributed by atoms with Crippen molar-refractivity contribution in [3.05, 3.63) is 52.9 Å². The van der Waals surface area contributed by atoms with Gasteiger partial charge in [-0.2, -0.15) is 0 Å². The minimum atomic E-state index is -0.906. The number of amides is 2. The fraction of sp³-hybridized carbons (Fsp3) is 0.588. The van der Waals surface area contributed by atoms with Crippen molar-refractivity contribution in [3.8, 4) is 10.4 Å². The Balaban J connectivity index is 1.20. The highest BCUT2D eigenvalue weighted by atomic mass is 32.1. The SMILES string of the molecule is CC(=O)N/C(C)=C/N(N)C1CCC(BN[C@H](C(=O)N2C[C@H](O)C[C@H]2C2=NOC(C)(c3ccc(-c4scnc4C)cc3)N2)C(C)(C)C)CC1. The molecule has 4 atom stereocenters. The van der Waals surface area contributed by atoms with Crippen molar-refractivity contribution in [1.29, 1.82) is 0 Å². The normalized spacial score (nSPS) is 26.7. The molecule has 2 aromatic rings. The number of aryl methyl sites for hydroxylation is 1. The van der Waals surface area contributed by atoms with Gasteiger partial charge in [-0.3, -0.25) is 9.59 Å². The summed E-state index contributed by atoms with van der Waals surface area (Å²) in [7, 11) is 0.713. The van der Waals surface area contributed by atoms with Crippen LogP contribution in [0.4, 0.5) is 0 Å². The first-order valence-corrected chi connectivity index (χ1v) is 17.8. The van der Waals surface area contributed by atoms with Gasteiger partial charge in [0.2, 0.25) is 25.0 Å². The maximum absolute atomic E-state index is 14.3. The van der Waals surface area contributed by atoms with Gasteiger partial charge in [0, 0.05) is 50.3 Å². The van der Waals surface area contributed by atoms with Gasteiger partial charge >= 0.3 is 0 Å². The van der Waals surface area contributed by atoms with Crippen LogP contribution in [0.15, 0.2) is 46.8 Å². The van der Waals surface area contributed by atoms with E-state index in [1.165, 1.54) is 6.92 Å². The first-order valence-electron chi connectivity index (χ1n) is 16.9. The number of hydrogen-bond acceptors (Lipinski definition) is 11. The molecular formula is C34H51BN8O4S. The number of hydrazine groups is 1. The maximum Gasteiger partial charge on any atom is 0.239 e. The number of benzene rings is 1. The van der Waals surface area contributed by atoms with Crippen LogP contribution in [0.1, 0.15) is 84.9 Å². The average molecular weight is 679 g/mol. The van der Waals surface area contributed by atoms with Crippen LogP contribution in [0.5, 0.6) is 0 Å². The van der Waals surface area contributed by atoms with Crippen LogP contribution >= 0.6 is 11.3 Å². The van der Waals surface area contributed by atoms with E-state index in [-0.39, 0.29) is 29.8 Å². The number of allylic oxidation sites excluding steroid dienone is 1. The summed E-state index contributed by atoms with van der Waals surface area (Å²) >= 11 is 1.61. The van der Waals surface area contributed by atoms with Crippen LogP contribution < -0.4 is 21.7 Å². The molecule has 2 aliphatic heterocycles. The van der Waals surface area contributed by atoms with Crippen molar-refractivity contribution < 1.29 is 19.5 Å². The number of aliphatic hydroxyl groups excluding tert-OH is 1. The van der Waals surface area contributed by atoms with Crippen LogP contribution in [-0.4, -0.2) is 75.8 Å². The minimum Gasteiger partial charge on any atom is -0.391 e. The number of carbonyl (C=O) groups excluding carboxylic acids is 2. The standard InChI is InChI=1S/C34H51BN8O4S/c1-20(38-22(3)44)17-43(36)26-14-12-25(13-15-26)35-40-30(33(4,5)6)32(46)42-18-27(45)16-28(42)31-39-34(7,47-41-31)24-10-8-23(9-11-24)29-21(2)37-19-48-29/h8-11,17,19,25-28,30,35,40,45H,12-16,18,36H2,1-7H3,(H,38,44)(H,39,41)/b20-17+/t25?,26?,27-,28+,30-,34?/m1/s1. The molecule has 1 aromatic heterocycles. The van der Waals surface area contributed by atoms with Crippen LogP contribution in [0.2, 0.25) is 5.82 Å². The maximum atomic E-state index is 14.3. The van der Waals surface area contributed by atoms with Crippen molar-refractivity contribution >= 4 is 36.4 Å². The van der Waals surface area contributed by atoms with Gasteiger partial charge in [-0.15, -0.1) is 11.3 Å². The molecule has 12 nitrogen and oxygen atoms in total. The molecule has 48 heavy (non-hydrogen) atoms. The number of oxime groups is 1. The number of nitrogens with two attached hydrogens (primary N) is 1. The molecule has 14 heteroatoms. The summed E-state index contributed by atoms with van der Waals surface area (Å²) in [6.07, 6.45) is 5.34. The lowest BCUT2D eigenvalue weighted by molar-refractivity contribution is -0.135. The van der Waals surface area contributed by atoms with Gasteiger partial charge < -0.3 is 35.7 Å². The second-order valence-electron chi connectivity index (χ2n) is 14.8. The second kappa shape index (κ2) is 14.6. The first-order chi connectivity index (χ1) is 22.6. The zero-order chi connectivity index (χ0) is 34.8. The topological polar surface area (TPSA) is 157 Å². The highest BCUT2D eigenvalue weighted by molar-refractivity contribution is 7.13. The molecule has 1 unspecified atom stereocenters. The molecule has 5 rings (SSSR count). The van der Waals surface area contributed by atoms with Crippen molar-refractivity contribution in [1.82, 2.24) is 30.8 Å². The number of nitrogens with zero attached hydrogens (tertiary/aromatic N) is 4. The fourth-order valence-electron chi connectivity index (χ4n) is 7.04. The van der Waals surface area contributed by atoms with Crippen LogP contribution in [0.25, 0.3) is 10.4 Å². The molecule has 0 bridgehead atoms. The van der Waals surface area contributed by atoms with E-state index in [1.807, 2.05) is 38.4 Å². The molecule has 3 aliphatic rings. The molecule has 0 spiro atoms. The smallest absolute Gasteiger partial charge is 0.239 e. The summed E-state index contributed by atoms with van der Waals surface area (Å²) in [5, 5.41) is 26.7. The van der Waals surface area contributed by atoms with Crippen molar-refractivity contribution in [2.45, 2.75) is 116 Å². The number of aliphatic hydroxyl groups is 1. The third kappa shape index (κ3) is 8.21. The number of carbonyl (C=O) groups is 2. The van der Waals surface area contributed by atoms with Gasteiger partial charge in [-0.05, 0) is 37.7 Å². The van der Waals surface area contributed by atoms with E-state index in [2.05, 4.69) is 58.9 Å². The first kappa shape index (κ1) is 35.8. The monoisotopic (exact) mass is 678 g/mol. The Kier molecular flexibility index (Phi) is 10.9. The number of hydrogen-bond donors (Lipinski definition) is 5. The predicted octanol–water partition coefficient (Wildman–Crippen LogP) is 3.45. The summed E-state index contributed by atoms with van der Waals surface area (Å²) < 4.78 is 0. The summed E-state index contributed by atoms with van der Waals surface area (Å²) in [6.45, 7) is 13.7. The second-order valence-corrected chi connectivity index (χ2v) is 15.6. The quantitative estimate of drug-likeness (QED) is 0.144. The van der Waals surface area contributed by atoms with Crippen LogP contribution in [-0.2, 0) is 20.2 Å². The van der Waals surface area contributed by atoms with E-state index in [0.717, 1.165) is 53.1 Å². The fourth-order valence-corrected chi connectivity index (χ4v) is 7.85. The molecule has 260 valence electrons. The Labute approximate surface area is 288 Å². The van der Waals surface area contributed by atoms with E-state index in [0.29, 0.717) is 25.5 Å². The average Bonchev–Trinajstić information content (AvgIpc) is 3.74. The molecule has 1 saturated carbocycles. The number of thiazole rings is 1. The van der Waals surface area contributed by atoms with Gasteiger partial charge in [0.25, 0.3) is 0 Å². The Morgan fingerprint density at radius 1 is 1.23 bits per heavy atom. The molecule has 6 N–H and O–H groups in total. The Morgan fingerprint density at radius 2 is 1.92 bits per heavy atom. The summed E-state index contributed by atoms with van der Waals surface area (Å²) in [4.78, 5) is 38.9. The zero-order valence-corrected chi connectivity index (χ0v) is 30.1. The van der Waals surface area contributed by atoms with Crippen LogP contribution in [0.3, 0.4) is 0 Å². The summed E-state index contributed by atoms with van der Waals surface area (Å²) in [6, 6.07) is 7.48. The molecule has 0 radical (unpaired) electrons.